The quantitative estimate of drug-likeness (QED) is 0.801. The first-order chi connectivity index (χ1) is 9.88. The number of phenols is 1. The highest BCUT2D eigenvalue weighted by Gasteiger charge is 2.16. The lowest BCUT2D eigenvalue weighted by Gasteiger charge is -2.05. The second-order valence-corrected chi connectivity index (χ2v) is 5.26. The lowest BCUT2D eigenvalue weighted by atomic mass is 10.2. The number of hydrogen-bond acceptors (Lipinski definition) is 5. The summed E-state index contributed by atoms with van der Waals surface area (Å²) in [7, 11) is 0. The highest BCUT2D eigenvalue weighted by atomic mass is 32.1. The largest absolute Gasteiger partial charge is 0.507 e. The number of nitrogens with zero attached hydrogens (tertiary/aromatic N) is 1. The van der Waals surface area contributed by atoms with Crippen LogP contribution >= 0.6 is 11.3 Å². The molecule has 0 aliphatic carbocycles. The molecule has 0 fully saturated rings. The number of rotatable bonds is 4. The fraction of sp³-hybridized carbons (Fsp3) is 0.154. The number of halogens is 1. The number of nitrogens with one attached hydrogen (secondary N) is 1. The van der Waals surface area contributed by atoms with E-state index in [-0.39, 0.29) is 17.0 Å². The van der Waals surface area contributed by atoms with E-state index in [4.69, 9.17) is 5.11 Å². The van der Waals surface area contributed by atoms with E-state index in [0.717, 1.165) is 29.5 Å². The number of carbonyl (C=O) groups is 2. The summed E-state index contributed by atoms with van der Waals surface area (Å²) in [6.45, 7) is 1.59. The third-order valence-electron chi connectivity index (χ3n) is 2.64. The third-order valence-corrected chi connectivity index (χ3v) is 3.79. The number of phenolic OH excluding ortho intramolecular Hbond substituents is 1. The van der Waals surface area contributed by atoms with Crippen molar-refractivity contribution in [3.63, 3.8) is 0 Å². The summed E-state index contributed by atoms with van der Waals surface area (Å²) >= 11 is 0.964. The maximum atomic E-state index is 12.8. The van der Waals surface area contributed by atoms with Crippen LogP contribution in [0.15, 0.2) is 18.2 Å². The van der Waals surface area contributed by atoms with Crippen LogP contribution in [-0.4, -0.2) is 27.1 Å². The second-order valence-electron chi connectivity index (χ2n) is 4.17. The number of carboxylic acids is 1. The van der Waals surface area contributed by atoms with Crippen LogP contribution in [0.1, 0.15) is 30.7 Å². The van der Waals surface area contributed by atoms with Crippen molar-refractivity contribution in [2.24, 2.45) is 0 Å². The summed E-state index contributed by atoms with van der Waals surface area (Å²) in [6.07, 6.45) is 0. The molecular weight excluding hydrogens is 299 g/mol. The van der Waals surface area contributed by atoms with Gasteiger partial charge in [-0.1, -0.05) is 0 Å². The smallest absolute Gasteiger partial charge is 0.347 e. The maximum absolute atomic E-state index is 12.8. The molecule has 0 aliphatic rings. The van der Waals surface area contributed by atoms with Crippen molar-refractivity contribution in [1.29, 1.82) is 0 Å². The van der Waals surface area contributed by atoms with Crippen LogP contribution in [0, 0.1) is 12.7 Å². The standard InChI is InChI=1S/C13H11FN2O4S/c1-6-11(13(19)20)21-10(16-6)5-15-12(18)8-3-2-7(14)4-9(8)17/h2-4,17H,5H2,1H3,(H,15,18)(H,19,20). The molecule has 110 valence electrons. The van der Waals surface area contributed by atoms with Crippen LogP contribution < -0.4 is 5.32 Å². The van der Waals surface area contributed by atoms with E-state index in [2.05, 4.69) is 10.3 Å². The van der Waals surface area contributed by atoms with E-state index in [0.29, 0.717) is 10.7 Å². The molecule has 0 unspecified atom stereocenters. The molecule has 3 N–H and O–H groups in total. The Hall–Kier alpha value is -2.48. The summed E-state index contributed by atoms with van der Waals surface area (Å²) < 4.78 is 12.8. The SMILES string of the molecule is Cc1nc(CNC(=O)c2ccc(F)cc2O)sc1C(=O)O. The maximum Gasteiger partial charge on any atom is 0.347 e. The first-order valence-electron chi connectivity index (χ1n) is 5.85. The van der Waals surface area contributed by atoms with E-state index < -0.39 is 23.4 Å². The van der Waals surface area contributed by atoms with Crippen LogP contribution in [-0.2, 0) is 6.54 Å². The number of benzene rings is 1. The van der Waals surface area contributed by atoms with Gasteiger partial charge in [0.2, 0.25) is 0 Å². The predicted molar refractivity (Wildman–Crippen MR) is 73.0 cm³/mol. The lowest BCUT2D eigenvalue weighted by molar-refractivity contribution is 0.0701. The molecule has 6 nitrogen and oxygen atoms in total. The molecule has 1 aromatic carbocycles. The van der Waals surface area contributed by atoms with Gasteiger partial charge in [-0.25, -0.2) is 14.2 Å². The molecule has 0 spiro atoms. The van der Waals surface area contributed by atoms with Gasteiger partial charge in [0.25, 0.3) is 5.91 Å². The molecule has 0 aliphatic heterocycles. The fourth-order valence-corrected chi connectivity index (χ4v) is 2.52. The van der Waals surface area contributed by atoms with Crippen molar-refractivity contribution in [2.45, 2.75) is 13.5 Å². The van der Waals surface area contributed by atoms with Crippen molar-refractivity contribution >= 4 is 23.2 Å². The molecule has 0 atom stereocenters. The van der Waals surface area contributed by atoms with Gasteiger partial charge in [-0.3, -0.25) is 4.79 Å². The molecule has 2 rings (SSSR count). The summed E-state index contributed by atoms with van der Waals surface area (Å²) in [4.78, 5) is 26.9. The summed E-state index contributed by atoms with van der Waals surface area (Å²) in [5.74, 6) is -2.78. The van der Waals surface area contributed by atoms with Crippen LogP contribution in [0.4, 0.5) is 4.39 Å². The lowest BCUT2D eigenvalue weighted by Crippen LogP contribution is -2.22. The number of carboxylic acid groups (broad SMARTS) is 1. The molecular formula is C13H11FN2O4S. The normalized spacial score (nSPS) is 10.4. The monoisotopic (exact) mass is 310 g/mol. The van der Waals surface area contributed by atoms with Crippen molar-refractivity contribution in [1.82, 2.24) is 10.3 Å². The molecule has 0 saturated carbocycles. The highest BCUT2D eigenvalue weighted by Crippen LogP contribution is 2.20. The Morgan fingerprint density at radius 1 is 1.43 bits per heavy atom. The number of amides is 1. The second kappa shape index (κ2) is 5.88. The number of hydrogen-bond donors (Lipinski definition) is 3. The Morgan fingerprint density at radius 3 is 2.71 bits per heavy atom. The molecule has 0 saturated heterocycles. The van der Waals surface area contributed by atoms with Gasteiger partial charge in [0.05, 0.1) is 17.8 Å². The van der Waals surface area contributed by atoms with Crippen LogP contribution in [0.25, 0.3) is 0 Å². The average molecular weight is 310 g/mol. The Kier molecular flexibility index (Phi) is 4.18. The van der Waals surface area contributed by atoms with Gasteiger partial charge in [0.1, 0.15) is 21.5 Å². The first kappa shape index (κ1) is 14.9. The number of aromatic hydroxyl groups is 1. The minimum Gasteiger partial charge on any atom is -0.507 e. The molecule has 21 heavy (non-hydrogen) atoms. The van der Waals surface area contributed by atoms with Crippen LogP contribution in [0.2, 0.25) is 0 Å². The molecule has 8 heteroatoms. The van der Waals surface area contributed by atoms with E-state index in [1.807, 2.05) is 0 Å². The van der Waals surface area contributed by atoms with Gasteiger partial charge >= 0.3 is 5.97 Å². The number of aromatic nitrogens is 1. The zero-order valence-electron chi connectivity index (χ0n) is 10.9. The summed E-state index contributed by atoms with van der Waals surface area (Å²) in [5.41, 5.74) is 0.310. The topological polar surface area (TPSA) is 99.5 Å². The first-order valence-corrected chi connectivity index (χ1v) is 6.66. The van der Waals surface area contributed by atoms with Gasteiger partial charge in [-0.15, -0.1) is 11.3 Å². The fourth-order valence-electron chi connectivity index (χ4n) is 1.67. The zero-order chi connectivity index (χ0) is 15.6. The van der Waals surface area contributed by atoms with Crippen molar-refractivity contribution in [2.75, 3.05) is 0 Å². The van der Waals surface area contributed by atoms with Gasteiger partial charge in [0, 0.05) is 6.07 Å². The molecule has 0 bridgehead atoms. The van der Waals surface area contributed by atoms with Crippen LogP contribution in [0.5, 0.6) is 5.75 Å². The number of carbonyl (C=O) groups excluding carboxylic acids is 1. The van der Waals surface area contributed by atoms with Gasteiger partial charge in [0.15, 0.2) is 0 Å². The Labute approximate surface area is 122 Å². The van der Waals surface area contributed by atoms with E-state index in [9.17, 15) is 19.1 Å². The zero-order valence-corrected chi connectivity index (χ0v) is 11.7. The number of thiazole rings is 1. The van der Waals surface area contributed by atoms with E-state index in [1.165, 1.54) is 0 Å². The average Bonchev–Trinajstić information content (AvgIpc) is 2.77. The Balaban J connectivity index is 2.07. The van der Waals surface area contributed by atoms with E-state index >= 15 is 0 Å². The summed E-state index contributed by atoms with van der Waals surface area (Å²) in [5, 5.41) is 21.3. The number of aryl methyl sites for hydroxylation is 1. The summed E-state index contributed by atoms with van der Waals surface area (Å²) in [6, 6.07) is 3.06. The minimum atomic E-state index is -1.07. The number of aromatic carboxylic acids is 1. The Bertz CT molecular complexity index is 714. The Morgan fingerprint density at radius 2 is 2.14 bits per heavy atom. The predicted octanol–water partition coefficient (Wildman–Crippen LogP) is 1.92. The molecule has 1 heterocycles. The highest BCUT2D eigenvalue weighted by molar-refractivity contribution is 7.13. The molecule has 1 aromatic heterocycles. The van der Waals surface area contributed by atoms with Crippen LogP contribution in [0.3, 0.4) is 0 Å². The molecule has 2 aromatic rings. The van der Waals surface area contributed by atoms with E-state index in [1.54, 1.807) is 6.92 Å². The van der Waals surface area contributed by atoms with Crippen molar-refractivity contribution in [3.8, 4) is 5.75 Å². The molecule has 1 amide bonds. The van der Waals surface area contributed by atoms with Gasteiger partial charge < -0.3 is 15.5 Å². The minimum absolute atomic E-state index is 0.0223. The van der Waals surface area contributed by atoms with Gasteiger partial charge in [-0.2, -0.15) is 0 Å². The molecule has 0 radical (unpaired) electrons. The van der Waals surface area contributed by atoms with Gasteiger partial charge in [-0.05, 0) is 19.1 Å². The third kappa shape index (κ3) is 3.34. The van der Waals surface area contributed by atoms with Crippen molar-refractivity contribution in [3.05, 3.63) is 45.2 Å². The van der Waals surface area contributed by atoms with Crippen molar-refractivity contribution < 1.29 is 24.2 Å².